The molecule has 0 unspecified atom stereocenters. The minimum atomic E-state index is -0.161. The van der Waals surface area contributed by atoms with Gasteiger partial charge in [0.2, 0.25) is 5.95 Å². The molecule has 0 aliphatic heterocycles. The number of hydrogen-bond donors (Lipinski definition) is 1. The van der Waals surface area contributed by atoms with Gasteiger partial charge in [-0.25, -0.2) is 9.97 Å². The maximum Gasteiger partial charge on any atom is 0.254 e. The summed E-state index contributed by atoms with van der Waals surface area (Å²) in [7, 11) is 3.73. The van der Waals surface area contributed by atoms with Crippen LogP contribution in [0.5, 0.6) is 0 Å². The van der Waals surface area contributed by atoms with Crippen LogP contribution in [-0.2, 0) is 6.42 Å². The molecule has 2 heterocycles. The summed E-state index contributed by atoms with van der Waals surface area (Å²) in [5.74, 6) is 0.432. The van der Waals surface area contributed by atoms with E-state index in [-0.39, 0.29) is 11.9 Å². The second-order valence-electron chi connectivity index (χ2n) is 5.46. The molecule has 0 aliphatic rings. The topological polar surface area (TPSA) is 71.0 Å². The van der Waals surface area contributed by atoms with Crippen LogP contribution >= 0.6 is 0 Å². The van der Waals surface area contributed by atoms with E-state index in [9.17, 15) is 4.79 Å². The summed E-state index contributed by atoms with van der Waals surface area (Å²) in [5.41, 5.74) is 2.12. The minimum absolute atomic E-state index is 0.0182. The Balaban J connectivity index is 2.02. The zero-order valence-electron chi connectivity index (χ0n) is 13.4. The summed E-state index contributed by atoms with van der Waals surface area (Å²) < 4.78 is 0. The lowest BCUT2D eigenvalue weighted by molar-refractivity contribution is 0.0938. The molecule has 0 bridgehead atoms. The lowest BCUT2D eigenvalue weighted by atomic mass is 10.1. The van der Waals surface area contributed by atoms with Gasteiger partial charge in [0.25, 0.3) is 5.91 Å². The monoisotopic (exact) mass is 299 g/mol. The number of nitrogens with zero attached hydrogens (tertiary/aromatic N) is 4. The van der Waals surface area contributed by atoms with Gasteiger partial charge in [-0.3, -0.25) is 9.78 Å². The fourth-order valence-corrected chi connectivity index (χ4v) is 2.08. The third-order valence-electron chi connectivity index (χ3n) is 3.23. The molecular weight excluding hydrogens is 278 g/mol. The molecule has 0 aromatic carbocycles. The fraction of sp³-hybridized carbons (Fsp3) is 0.375. The van der Waals surface area contributed by atoms with Gasteiger partial charge in [0.1, 0.15) is 0 Å². The van der Waals surface area contributed by atoms with Crippen LogP contribution in [0.2, 0.25) is 0 Å². The van der Waals surface area contributed by atoms with Gasteiger partial charge in [-0.15, -0.1) is 0 Å². The van der Waals surface area contributed by atoms with E-state index in [1.54, 1.807) is 17.3 Å². The van der Waals surface area contributed by atoms with Crippen molar-refractivity contribution >= 4 is 11.9 Å². The van der Waals surface area contributed by atoms with Crippen molar-refractivity contribution in [3.63, 3.8) is 0 Å². The van der Waals surface area contributed by atoms with Crippen LogP contribution in [0, 0.1) is 6.92 Å². The average Bonchev–Trinajstić information content (AvgIpc) is 2.47. The second-order valence-corrected chi connectivity index (χ2v) is 5.46. The summed E-state index contributed by atoms with van der Waals surface area (Å²) in [4.78, 5) is 26.9. The van der Waals surface area contributed by atoms with Gasteiger partial charge in [-0.05, 0) is 26.0 Å². The van der Waals surface area contributed by atoms with E-state index < -0.39 is 0 Å². The predicted octanol–water partition coefficient (Wildman–Crippen LogP) is 1.61. The van der Waals surface area contributed by atoms with Crippen molar-refractivity contribution in [3.8, 4) is 0 Å². The van der Waals surface area contributed by atoms with Crippen molar-refractivity contribution in [1.29, 1.82) is 0 Å². The first-order valence-electron chi connectivity index (χ1n) is 7.19. The van der Waals surface area contributed by atoms with Crippen molar-refractivity contribution in [2.24, 2.45) is 0 Å². The molecule has 116 valence electrons. The van der Waals surface area contributed by atoms with E-state index in [1.807, 2.05) is 46.1 Å². The average molecular weight is 299 g/mol. The van der Waals surface area contributed by atoms with Gasteiger partial charge < -0.3 is 10.2 Å². The molecule has 2 aromatic rings. The molecule has 0 spiro atoms. The Morgan fingerprint density at radius 1 is 1.32 bits per heavy atom. The first kappa shape index (κ1) is 15.9. The standard InChI is InChI=1S/C16H21N5O/c1-11(9-13-7-5-6-8-17-13)19-15(22)14-10-18-16(21(3)4)20-12(14)2/h5-8,10-11H,9H2,1-4H3,(H,19,22)/t11-/m0/s1. The Labute approximate surface area is 130 Å². The lowest BCUT2D eigenvalue weighted by Crippen LogP contribution is -2.35. The maximum atomic E-state index is 12.3. The van der Waals surface area contributed by atoms with E-state index in [0.717, 1.165) is 5.69 Å². The smallest absolute Gasteiger partial charge is 0.254 e. The number of carbonyl (C=O) groups is 1. The molecule has 1 atom stereocenters. The Hall–Kier alpha value is -2.50. The Kier molecular flexibility index (Phi) is 5.04. The number of anilines is 1. The first-order valence-corrected chi connectivity index (χ1v) is 7.19. The summed E-state index contributed by atoms with van der Waals surface area (Å²) in [6.45, 7) is 3.77. The highest BCUT2D eigenvalue weighted by Crippen LogP contribution is 2.09. The summed E-state index contributed by atoms with van der Waals surface area (Å²) in [6.07, 6.45) is 4.00. The van der Waals surface area contributed by atoms with Crippen molar-refractivity contribution < 1.29 is 4.79 Å². The third kappa shape index (κ3) is 4.00. The highest BCUT2D eigenvalue weighted by molar-refractivity contribution is 5.95. The summed E-state index contributed by atoms with van der Waals surface area (Å²) >= 11 is 0. The molecule has 2 rings (SSSR count). The SMILES string of the molecule is Cc1nc(N(C)C)ncc1C(=O)N[C@@H](C)Cc1ccccn1. The van der Waals surface area contributed by atoms with Gasteiger partial charge in [0.05, 0.1) is 11.3 Å². The number of nitrogens with one attached hydrogen (secondary N) is 1. The van der Waals surface area contributed by atoms with Crippen LogP contribution in [0.1, 0.15) is 28.7 Å². The van der Waals surface area contributed by atoms with Crippen molar-refractivity contribution in [1.82, 2.24) is 20.3 Å². The van der Waals surface area contributed by atoms with Crippen LogP contribution in [0.15, 0.2) is 30.6 Å². The molecule has 6 heteroatoms. The summed E-state index contributed by atoms with van der Waals surface area (Å²) in [5, 5.41) is 2.96. The molecular formula is C16H21N5O. The molecule has 22 heavy (non-hydrogen) atoms. The highest BCUT2D eigenvalue weighted by Gasteiger charge is 2.15. The van der Waals surface area contributed by atoms with E-state index in [2.05, 4.69) is 20.3 Å². The lowest BCUT2D eigenvalue weighted by Gasteiger charge is -2.15. The molecule has 2 aromatic heterocycles. The number of carbonyl (C=O) groups excluding carboxylic acids is 1. The quantitative estimate of drug-likeness (QED) is 0.908. The molecule has 6 nitrogen and oxygen atoms in total. The predicted molar refractivity (Wildman–Crippen MR) is 86.0 cm³/mol. The number of aromatic nitrogens is 3. The largest absolute Gasteiger partial charge is 0.349 e. The summed E-state index contributed by atoms with van der Waals surface area (Å²) in [6, 6.07) is 5.74. The molecule has 0 radical (unpaired) electrons. The Morgan fingerprint density at radius 2 is 2.09 bits per heavy atom. The molecule has 0 saturated heterocycles. The number of aryl methyl sites for hydroxylation is 1. The van der Waals surface area contributed by atoms with Crippen LogP contribution in [0.4, 0.5) is 5.95 Å². The molecule has 0 fully saturated rings. The van der Waals surface area contributed by atoms with Gasteiger partial charge in [0, 0.05) is 44.6 Å². The number of pyridine rings is 1. The van der Waals surface area contributed by atoms with Crippen molar-refractivity contribution in [2.45, 2.75) is 26.3 Å². The van der Waals surface area contributed by atoms with Crippen molar-refractivity contribution in [3.05, 3.63) is 47.5 Å². The molecule has 0 saturated carbocycles. The van der Waals surface area contributed by atoms with Crippen LogP contribution in [0.3, 0.4) is 0 Å². The van der Waals surface area contributed by atoms with Crippen molar-refractivity contribution in [2.75, 3.05) is 19.0 Å². The molecule has 1 amide bonds. The Morgan fingerprint density at radius 3 is 2.68 bits per heavy atom. The van der Waals surface area contributed by atoms with Crippen LogP contribution in [-0.4, -0.2) is 41.0 Å². The van der Waals surface area contributed by atoms with E-state index in [4.69, 9.17) is 0 Å². The third-order valence-corrected chi connectivity index (χ3v) is 3.23. The van der Waals surface area contributed by atoms with Gasteiger partial charge >= 0.3 is 0 Å². The van der Waals surface area contributed by atoms with E-state index in [0.29, 0.717) is 23.6 Å². The van der Waals surface area contributed by atoms with Crippen LogP contribution < -0.4 is 10.2 Å². The number of rotatable bonds is 5. The fourth-order valence-electron chi connectivity index (χ4n) is 2.08. The second kappa shape index (κ2) is 6.98. The van der Waals surface area contributed by atoms with E-state index in [1.165, 1.54) is 0 Å². The molecule has 1 N–H and O–H groups in total. The zero-order valence-corrected chi connectivity index (χ0v) is 13.4. The van der Waals surface area contributed by atoms with Crippen LogP contribution in [0.25, 0.3) is 0 Å². The first-order chi connectivity index (χ1) is 10.5. The van der Waals surface area contributed by atoms with Gasteiger partial charge in [-0.1, -0.05) is 6.07 Å². The van der Waals surface area contributed by atoms with Gasteiger partial charge in [0.15, 0.2) is 0 Å². The molecule has 0 aliphatic carbocycles. The zero-order chi connectivity index (χ0) is 16.1. The number of hydrogen-bond acceptors (Lipinski definition) is 5. The Bertz CT molecular complexity index is 642. The highest BCUT2D eigenvalue weighted by atomic mass is 16.1. The minimum Gasteiger partial charge on any atom is -0.349 e. The van der Waals surface area contributed by atoms with Gasteiger partial charge in [-0.2, -0.15) is 0 Å². The number of amides is 1. The van der Waals surface area contributed by atoms with E-state index >= 15 is 0 Å². The maximum absolute atomic E-state index is 12.3. The normalized spacial score (nSPS) is 11.8.